The van der Waals surface area contributed by atoms with E-state index in [4.69, 9.17) is 13.9 Å². The Hall–Kier alpha value is -0.893. The Morgan fingerprint density at radius 3 is 2.32 bits per heavy atom. The van der Waals surface area contributed by atoms with Crippen LogP contribution >= 0.6 is 0 Å². The zero-order valence-corrected chi connectivity index (χ0v) is 15.9. The highest BCUT2D eigenvalue weighted by Crippen LogP contribution is 2.29. The highest BCUT2D eigenvalue weighted by atomic mass is 28.2. The first-order valence-electron chi connectivity index (χ1n) is 8.75. The summed E-state index contributed by atoms with van der Waals surface area (Å²) in [6.45, 7) is 4.30. The summed E-state index contributed by atoms with van der Waals surface area (Å²) >= 11 is 0. The van der Waals surface area contributed by atoms with E-state index in [1.54, 1.807) is 6.07 Å². The molecule has 2 radical (unpaired) electrons. The van der Waals surface area contributed by atoms with Crippen LogP contribution in [0.25, 0.3) is 0 Å². The number of hydrogen-bond acceptors (Lipinski definition) is 3. The normalized spacial score (nSPS) is 12.1. The summed E-state index contributed by atoms with van der Waals surface area (Å²) in [6.07, 6.45) is 0.388. The molecule has 0 saturated carbocycles. The third-order valence-corrected chi connectivity index (χ3v) is 4.45. The van der Waals surface area contributed by atoms with Gasteiger partial charge in [-0.3, -0.25) is 0 Å². The average Bonchev–Trinajstić information content (AvgIpc) is 2.57. The first kappa shape index (κ1) is 22.1. The minimum atomic E-state index is -4.27. The molecule has 0 aliphatic rings. The molecule has 0 aliphatic carbocycles. The van der Waals surface area contributed by atoms with Crippen molar-refractivity contribution in [3.05, 3.63) is 35.4 Å². The van der Waals surface area contributed by atoms with Gasteiger partial charge in [-0.05, 0) is 44.4 Å². The Labute approximate surface area is 150 Å². The minimum absolute atomic E-state index is 0.334. The smallest absolute Gasteiger partial charge is 0.372 e. The first-order chi connectivity index (χ1) is 12.0. The van der Waals surface area contributed by atoms with Crippen molar-refractivity contribution in [1.29, 1.82) is 0 Å². The van der Waals surface area contributed by atoms with Gasteiger partial charge in [0.15, 0.2) is 0 Å². The molecule has 0 atom stereocenters. The van der Waals surface area contributed by atoms with E-state index in [1.165, 1.54) is 12.1 Å². The summed E-state index contributed by atoms with van der Waals surface area (Å²) in [5.41, 5.74) is 0.179. The lowest BCUT2D eigenvalue weighted by Crippen LogP contribution is -2.22. The quantitative estimate of drug-likeness (QED) is 0.268. The summed E-state index contributed by atoms with van der Waals surface area (Å²) in [4.78, 5) is 0. The molecule has 0 unspecified atom stereocenters. The van der Waals surface area contributed by atoms with Crippen LogP contribution in [0.4, 0.5) is 13.2 Å². The topological polar surface area (TPSA) is 27.7 Å². The average molecular weight is 376 g/mol. The van der Waals surface area contributed by atoms with E-state index in [1.807, 2.05) is 13.8 Å². The van der Waals surface area contributed by atoms with Gasteiger partial charge in [0.25, 0.3) is 6.48 Å². The standard InChI is InChI=1S/C18H27F3O3Si/c1-3-22-17(23-4-2)24-25-13-8-6-5-7-10-15-11-9-12-16(14-15)18(19,20)21/h9,11-12,14,17H,3-8,10,13H2,1-2H3. The lowest BCUT2D eigenvalue weighted by Gasteiger charge is -2.16. The maximum atomic E-state index is 12.7. The molecule has 0 aliphatic heterocycles. The summed E-state index contributed by atoms with van der Waals surface area (Å²) in [7, 11) is 0.334. The van der Waals surface area contributed by atoms with Crippen LogP contribution in [0.5, 0.6) is 0 Å². The van der Waals surface area contributed by atoms with Gasteiger partial charge in [-0.15, -0.1) is 0 Å². The number of hydrogen-bond donors (Lipinski definition) is 0. The Morgan fingerprint density at radius 2 is 1.68 bits per heavy atom. The maximum absolute atomic E-state index is 12.7. The van der Waals surface area contributed by atoms with Crippen LogP contribution in [-0.2, 0) is 26.5 Å². The van der Waals surface area contributed by atoms with Crippen molar-refractivity contribution in [1.82, 2.24) is 0 Å². The number of ether oxygens (including phenoxy) is 2. The van der Waals surface area contributed by atoms with Gasteiger partial charge >= 0.3 is 6.18 Å². The lowest BCUT2D eigenvalue weighted by atomic mass is 10.0. The van der Waals surface area contributed by atoms with Gasteiger partial charge < -0.3 is 13.9 Å². The summed E-state index contributed by atoms with van der Waals surface area (Å²) < 4.78 is 54.1. The number of alkyl halides is 3. The molecule has 0 fully saturated rings. The second kappa shape index (κ2) is 12.5. The highest BCUT2D eigenvalue weighted by Gasteiger charge is 2.30. The molecular formula is C18H27F3O3Si. The number of benzene rings is 1. The zero-order chi connectivity index (χ0) is 18.5. The van der Waals surface area contributed by atoms with Gasteiger partial charge in [-0.2, -0.15) is 13.2 Å². The van der Waals surface area contributed by atoms with E-state index in [2.05, 4.69) is 0 Å². The van der Waals surface area contributed by atoms with Crippen LogP contribution in [0, 0.1) is 0 Å². The molecule has 1 rings (SSSR count). The van der Waals surface area contributed by atoms with Crippen molar-refractivity contribution < 1.29 is 27.1 Å². The summed E-state index contributed by atoms with van der Waals surface area (Å²) in [5, 5.41) is 0. The molecule has 0 aromatic heterocycles. The molecule has 3 nitrogen and oxygen atoms in total. The summed E-state index contributed by atoms with van der Waals surface area (Å²) in [5.74, 6) is 0. The molecule has 25 heavy (non-hydrogen) atoms. The minimum Gasteiger partial charge on any atom is -0.372 e. The van der Waals surface area contributed by atoms with Crippen LogP contribution in [0.3, 0.4) is 0 Å². The van der Waals surface area contributed by atoms with Crippen LogP contribution in [0.1, 0.15) is 50.7 Å². The Bertz CT molecular complexity index is 463. The zero-order valence-electron chi connectivity index (χ0n) is 14.9. The molecule has 1 aromatic rings. The molecule has 0 amide bonds. The van der Waals surface area contributed by atoms with Crippen molar-refractivity contribution in [3.63, 3.8) is 0 Å². The number of aryl methyl sites for hydroxylation is 1. The lowest BCUT2D eigenvalue weighted by molar-refractivity contribution is -0.243. The largest absolute Gasteiger partial charge is 0.416 e. The Morgan fingerprint density at radius 1 is 1.00 bits per heavy atom. The van der Waals surface area contributed by atoms with Crippen molar-refractivity contribution in [2.75, 3.05) is 13.2 Å². The predicted octanol–water partition coefficient (Wildman–Crippen LogP) is 5.22. The monoisotopic (exact) mass is 376 g/mol. The fourth-order valence-electron chi connectivity index (χ4n) is 2.30. The maximum Gasteiger partial charge on any atom is 0.416 e. The van der Waals surface area contributed by atoms with E-state index in [9.17, 15) is 13.2 Å². The fourth-order valence-corrected chi connectivity index (χ4v) is 3.08. The second-order valence-corrected chi connectivity index (χ2v) is 6.60. The van der Waals surface area contributed by atoms with Gasteiger partial charge in [0.2, 0.25) is 9.76 Å². The van der Waals surface area contributed by atoms with Crippen LogP contribution in [-0.4, -0.2) is 29.5 Å². The van der Waals surface area contributed by atoms with E-state index in [0.29, 0.717) is 29.4 Å². The molecular weight excluding hydrogens is 349 g/mol. The molecule has 0 spiro atoms. The van der Waals surface area contributed by atoms with Crippen molar-refractivity contribution in [2.45, 2.75) is 64.6 Å². The molecule has 7 heteroatoms. The predicted molar refractivity (Wildman–Crippen MR) is 92.3 cm³/mol. The highest BCUT2D eigenvalue weighted by molar-refractivity contribution is 6.27. The molecule has 0 N–H and O–H groups in total. The van der Waals surface area contributed by atoms with Crippen LogP contribution in [0.15, 0.2) is 24.3 Å². The van der Waals surface area contributed by atoms with Gasteiger partial charge in [0, 0.05) is 13.2 Å². The van der Waals surface area contributed by atoms with Crippen molar-refractivity contribution in [2.24, 2.45) is 0 Å². The molecule has 142 valence electrons. The number of rotatable bonds is 13. The fraction of sp³-hybridized carbons (Fsp3) is 0.667. The van der Waals surface area contributed by atoms with E-state index in [0.717, 1.165) is 43.4 Å². The first-order valence-corrected chi connectivity index (χ1v) is 9.86. The number of halogens is 3. The molecule has 0 saturated heterocycles. The number of unbranched alkanes of at least 4 members (excludes halogenated alkanes) is 3. The second-order valence-electron chi connectivity index (χ2n) is 5.57. The molecule has 0 heterocycles. The molecule has 0 bridgehead atoms. The van der Waals surface area contributed by atoms with Crippen LogP contribution in [0.2, 0.25) is 6.04 Å². The van der Waals surface area contributed by atoms with E-state index >= 15 is 0 Å². The Kier molecular flexibility index (Phi) is 11.0. The van der Waals surface area contributed by atoms with Crippen molar-refractivity contribution in [3.8, 4) is 0 Å². The van der Waals surface area contributed by atoms with E-state index in [-0.39, 0.29) is 0 Å². The SMILES string of the molecule is CCOC(OCC)O[Si]CCCCCCc1cccc(C(F)(F)F)c1. The van der Waals surface area contributed by atoms with Gasteiger partial charge in [0.1, 0.15) is 0 Å². The van der Waals surface area contributed by atoms with Gasteiger partial charge in [0.05, 0.1) is 5.56 Å². The molecule has 1 aromatic carbocycles. The van der Waals surface area contributed by atoms with Crippen molar-refractivity contribution >= 4 is 9.76 Å². The third-order valence-electron chi connectivity index (χ3n) is 3.53. The van der Waals surface area contributed by atoms with Crippen LogP contribution < -0.4 is 0 Å². The Balaban J connectivity index is 2.11. The van der Waals surface area contributed by atoms with Gasteiger partial charge in [-0.1, -0.05) is 37.5 Å². The van der Waals surface area contributed by atoms with E-state index < -0.39 is 18.2 Å². The summed E-state index contributed by atoms with van der Waals surface area (Å²) in [6, 6.07) is 6.54. The van der Waals surface area contributed by atoms with Gasteiger partial charge in [-0.25, -0.2) is 0 Å². The third kappa shape index (κ3) is 9.99.